The molecule has 2 amide bonds. The van der Waals surface area contributed by atoms with Crippen LogP contribution in [0.3, 0.4) is 0 Å². The maximum atomic E-state index is 12.4. The molecule has 0 radical (unpaired) electrons. The molecule has 0 saturated heterocycles. The SMILES string of the molecule is O=C(CNC(=O)c1sc2ccccc2c1Cl)NCCCn1ccc2ccccc21. The molecule has 4 rings (SSSR count). The average Bonchev–Trinajstić information content (AvgIpc) is 3.31. The standard InChI is InChI=1S/C22H20ClN3O2S/c23-20-16-7-2-4-9-18(16)29-21(20)22(28)25-14-19(27)24-11-5-12-26-13-10-15-6-1-3-8-17(15)26/h1-4,6-10,13H,5,11-12,14H2,(H,24,27)(H,25,28). The van der Waals surface area contributed by atoms with Gasteiger partial charge in [-0.2, -0.15) is 0 Å². The lowest BCUT2D eigenvalue weighted by atomic mass is 10.2. The first-order valence-corrected chi connectivity index (χ1v) is 10.6. The molecule has 0 bridgehead atoms. The number of nitrogens with one attached hydrogen (secondary N) is 2. The number of carbonyl (C=O) groups is 2. The van der Waals surface area contributed by atoms with Crippen LogP contribution in [0, 0.1) is 0 Å². The number of hydrogen-bond acceptors (Lipinski definition) is 3. The van der Waals surface area contributed by atoms with E-state index < -0.39 is 0 Å². The lowest BCUT2D eigenvalue weighted by Crippen LogP contribution is -2.37. The topological polar surface area (TPSA) is 63.1 Å². The molecule has 0 saturated carbocycles. The van der Waals surface area contributed by atoms with Crippen molar-refractivity contribution in [3.05, 3.63) is 70.7 Å². The average molecular weight is 426 g/mol. The van der Waals surface area contributed by atoms with Crippen molar-refractivity contribution in [3.63, 3.8) is 0 Å². The Hall–Kier alpha value is -2.83. The quantitative estimate of drug-likeness (QED) is 0.430. The van der Waals surface area contributed by atoms with E-state index >= 15 is 0 Å². The molecule has 0 atom stereocenters. The van der Waals surface area contributed by atoms with Crippen molar-refractivity contribution >= 4 is 55.7 Å². The molecule has 29 heavy (non-hydrogen) atoms. The van der Waals surface area contributed by atoms with Gasteiger partial charge in [-0.15, -0.1) is 11.3 Å². The third-order valence-corrected chi connectivity index (χ3v) is 6.40. The lowest BCUT2D eigenvalue weighted by Gasteiger charge is -2.08. The Kier molecular flexibility index (Phi) is 5.83. The van der Waals surface area contributed by atoms with Crippen molar-refractivity contribution in [1.82, 2.24) is 15.2 Å². The maximum absolute atomic E-state index is 12.4. The molecule has 2 aromatic heterocycles. The Morgan fingerprint density at radius 1 is 1.00 bits per heavy atom. The van der Waals surface area contributed by atoms with Gasteiger partial charge in [-0.25, -0.2) is 0 Å². The number of nitrogens with zero attached hydrogens (tertiary/aromatic N) is 1. The molecule has 4 aromatic rings. The van der Waals surface area contributed by atoms with Crippen LogP contribution in [0.25, 0.3) is 21.0 Å². The molecule has 0 fully saturated rings. The molecule has 5 nitrogen and oxygen atoms in total. The number of aryl methyl sites for hydroxylation is 1. The van der Waals surface area contributed by atoms with Crippen LogP contribution in [-0.2, 0) is 11.3 Å². The number of rotatable bonds is 7. The Balaban J connectivity index is 1.23. The van der Waals surface area contributed by atoms with Gasteiger partial charge in [0.1, 0.15) is 4.88 Å². The Bertz CT molecular complexity index is 1180. The summed E-state index contributed by atoms with van der Waals surface area (Å²) in [6.45, 7) is 1.29. The number of fused-ring (bicyclic) bond motifs is 2. The van der Waals surface area contributed by atoms with E-state index in [1.807, 2.05) is 36.4 Å². The molecule has 0 aliphatic heterocycles. The van der Waals surface area contributed by atoms with Crippen molar-refractivity contribution in [3.8, 4) is 0 Å². The first-order valence-electron chi connectivity index (χ1n) is 9.39. The fourth-order valence-electron chi connectivity index (χ4n) is 3.28. The van der Waals surface area contributed by atoms with Gasteiger partial charge in [-0.05, 0) is 30.0 Å². The Morgan fingerprint density at radius 3 is 2.66 bits per heavy atom. The zero-order chi connectivity index (χ0) is 20.2. The van der Waals surface area contributed by atoms with Crippen LogP contribution in [0.4, 0.5) is 0 Å². The second-order valence-corrected chi connectivity index (χ2v) is 8.13. The highest BCUT2D eigenvalue weighted by Gasteiger charge is 2.17. The summed E-state index contributed by atoms with van der Waals surface area (Å²) in [5.74, 6) is -0.543. The van der Waals surface area contributed by atoms with Crippen LogP contribution in [-0.4, -0.2) is 29.5 Å². The molecular formula is C22H20ClN3O2S. The van der Waals surface area contributed by atoms with Gasteiger partial charge in [0.2, 0.25) is 5.91 Å². The van der Waals surface area contributed by atoms with Crippen molar-refractivity contribution in [2.75, 3.05) is 13.1 Å². The van der Waals surface area contributed by atoms with Crippen molar-refractivity contribution < 1.29 is 9.59 Å². The van der Waals surface area contributed by atoms with Gasteiger partial charge in [-0.1, -0.05) is 48.0 Å². The van der Waals surface area contributed by atoms with E-state index in [1.54, 1.807) is 0 Å². The molecule has 2 heterocycles. The summed E-state index contributed by atoms with van der Waals surface area (Å²) in [5, 5.41) is 7.99. The number of aromatic nitrogens is 1. The molecule has 0 aliphatic rings. The van der Waals surface area contributed by atoms with E-state index in [2.05, 4.69) is 39.6 Å². The summed E-state index contributed by atoms with van der Waals surface area (Å²) in [6.07, 6.45) is 2.86. The maximum Gasteiger partial charge on any atom is 0.263 e. The van der Waals surface area contributed by atoms with E-state index in [0.29, 0.717) is 16.4 Å². The number of thiophene rings is 1. The van der Waals surface area contributed by atoms with Crippen LogP contribution in [0.15, 0.2) is 60.8 Å². The molecule has 7 heteroatoms. The van der Waals surface area contributed by atoms with Crippen molar-refractivity contribution in [2.24, 2.45) is 0 Å². The summed E-state index contributed by atoms with van der Waals surface area (Å²) in [5.41, 5.74) is 1.19. The molecule has 0 unspecified atom stereocenters. The van der Waals surface area contributed by atoms with Crippen molar-refractivity contribution in [1.29, 1.82) is 0 Å². The van der Waals surface area contributed by atoms with Crippen LogP contribution in [0.5, 0.6) is 0 Å². The van der Waals surface area contributed by atoms with Crippen LogP contribution >= 0.6 is 22.9 Å². The second-order valence-electron chi connectivity index (χ2n) is 6.70. The van der Waals surface area contributed by atoms with Gasteiger partial charge in [0.05, 0.1) is 11.6 Å². The van der Waals surface area contributed by atoms with Gasteiger partial charge < -0.3 is 15.2 Å². The predicted octanol–water partition coefficient (Wildman–Crippen LogP) is 4.45. The minimum Gasteiger partial charge on any atom is -0.355 e. The number of amides is 2. The number of halogens is 1. The van der Waals surface area contributed by atoms with E-state index in [4.69, 9.17) is 11.6 Å². The first-order chi connectivity index (χ1) is 14.1. The van der Waals surface area contributed by atoms with Gasteiger partial charge in [0.25, 0.3) is 5.91 Å². The van der Waals surface area contributed by atoms with Gasteiger partial charge in [0.15, 0.2) is 0 Å². The molecule has 2 N–H and O–H groups in total. The number of carbonyl (C=O) groups excluding carboxylic acids is 2. The van der Waals surface area contributed by atoms with E-state index in [9.17, 15) is 9.59 Å². The minimum atomic E-state index is -0.329. The first kappa shape index (κ1) is 19.5. The largest absolute Gasteiger partial charge is 0.355 e. The summed E-state index contributed by atoms with van der Waals surface area (Å²) < 4.78 is 3.12. The van der Waals surface area contributed by atoms with E-state index in [-0.39, 0.29) is 18.4 Å². The molecule has 0 spiro atoms. The van der Waals surface area contributed by atoms with Gasteiger partial charge in [0, 0.05) is 34.9 Å². The zero-order valence-corrected chi connectivity index (χ0v) is 17.2. The normalized spacial score (nSPS) is 11.1. The number of hydrogen-bond donors (Lipinski definition) is 2. The Morgan fingerprint density at radius 2 is 1.79 bits per heavy atom. The Labute approximate surface area is 177 Å². The smallest absolute Gasteiger partial charge is 0.263 e. The zero-order valence-electron chi connectivity index (χ0n) is 15.7. The minimum absolute atomic E-state index is 0.0736. The van der Waals surface area contributed by atoms with Gasteiger partial charge in [-0.3, -0.25) is 9.59 Å². The highest BCUT2D eigenvalue weighted by molar-refractivity contribution is 7.21. The summed E-state index contributed by atoms with van der Waals surface area (Å²) in [7, 11) is 0. The van der Waals surface area contributed by atoms with Crippen LogP contribution < -0.4 is 10.6 Å². The highest BCUT2D eigenvalue weighted by Crippen LogP contribution is 2.34. The fourth-order valence-corrected chi connectivity index (χ4v) is 4.71. The van der Waals surface area contributed by atoms with E-state index in [0.717, 1.165) is 23.1 Å². The second kappa shape index (κ2) is 8.68. The number of para-hydroxylation sites is 1. The highest BCUT2D eigenvalue weighted by atomic mass is 35.5. The van der Waals surface area contributed by atoms with Crippen molar-refractivity contribution in [2.45, 2.75) is 13.0 Å². The molecular weight excluding hydrogens is 406 g/mol. The predicted molar refractivity (Wildman–Crippen MR) is 119 cm³/mol. The lowest BCUT2D eigenvalue weighted by molar-refractivity contribution is -0.120. The third-order valence-electron chi connectivity index (χ3n) is 4.73. The van der Waals surface area contributed by atoms with E-state index in [1.165, 1.54) is 22.2 Å². The molecule has 148 valence electrons. The van der Waals surface area contributed by atoms with Crippen LogP contribution in [0.2, 0.25) is 5.02 Å². The molecule has 0 aliphatic carbocycles. The van der Waals surface area contributed by atoms with Gasteiger partial charge >= 0.3 is 0 Å². The fraction of sp³-hybridized carbons (Fsp3) is 0.182. The molecule has 2 aromatic carbocycles. The summed E-state index contributed by atoms with van der Waals surface area (Å²) in [4.78, 5) is 24.9. The number of benzene rings is 2. The third kappa shape index (κ3) is 4.28. The summed E-state index contributed by atoms with van der Waals surface area (Å²) >= 11 is 7.63. The van der Waals surface area contributed by atoms with Crippen LogP contribution in [0.1, 0.15) is 16.1 Å². The monoisotopic (exact) mass is 425 g/mol. The summed E-state index contributed by atoms with van der Waals surface area (Å²) in [6, 6.07) is 17.9.